The SMILES string of the molecule is CCC(Cl)c1ccccc1Oc1ccccc1C(Cl)CC. The summed E-state index contributed by atoms with van der Waals surface area (Å²) in [6.45, 7) is 4.13. The van der Waals surface area contributed by atoms with Gasteiger partial charge in [0.1, 0.15) is 11.5 Å². The summed E-state index contributed by atoms with van der Waals surface area (Å²) in [4.78, 5) is 0. The number of rotatable bonds is 6. The van der Waals surface area contributed by atoms with E-state index in [-0.39, 0.29) is 10.8 Å². The van der Waals surface area contributed by atoms with E-state index < -0.39 is 0 Å². The number of alkyl halides is 2. The van der Waals surface area contributed by atoms with E-state index in [1.807, 2.05) is 48.5 Å². The van der Waals surface area contributed by atoms with Crippen molar-refractivity contribution in [1.29, 1.82) is 0 Å². The molecule has 0 aliphatic heterocycles. The van der Waals surface area contributed by atoms with Gasteiger partial charge in [0.25, 0.3) is 0 Å². The number of hydrogen-bond acceptors (Lipinski definition) is 1. The second-order valence-electron chi connectivity index (χ2n) is 4.93. The van der Waals surface area contributed by atoms with Gasteiger partial charge in [-0.15, -0.1) is 23.2 Å². The minimum Gasteiger partial charge on any atom is -0.457 e. The molecule has 0 aromatic heterocycles. The fraction of sp³-hybridized carbons (Fsp3) is 0.333. The molecule has 0 radical (unpaired) electrons. The topological polar surface area (TPSA) is 9.23 Å². The molecule has 0 fully saturated rings. The summed E-state index contributed by atoms with van der Waals surface area (Å²) in [5, 5.41) is -0.0994. The summed E-state index contributed by atoms with van der Waals surface area (Å²) in [5.74, 6) is 1.60. The van der Waals surface area contributed by atoms with Crippen molar-refractivity contribution in [3.63, 3.8) is 0 Å². The molecule has 0 aliphatic rings. The smallest absolute Gasteiger partial charge is 0.132 e. The van der Waals surface area contributed by atoms with E-state index in [1.165, 1.54) is 0 Å². The van der Waals surface area contributed by atoms with Crippen LogP contribution in [0.2, 0.25) is 0 Å². The van der Waals surface area contributed by atoms with Crippen LogP contribution in [0.4, 0.5) is 0 Å². The van der Waals surface area contributed by atoms with Crippen LogP contribution in [0.3, 0.4) is 0 Å². The maximum atomic E-state index is 6.39. The third-order valence-electron chi connectivity index (χ3n) is 3.45. The highest BCUT2D eigenvalue weighted by atomic mass is 35.5. The maximum Gasteiger partial charge on any atom is 0.132 e. The molecule has 21 heavy (non-hydrogen) atoms. The minimum absolute atomic E-state index is 0.0497. The van der Waals surface area contributed by atoms with Crippen LogP contribution in [-0.4, -0.2) is 0 Å². The number of benzene rings is 2. The summed E-state index contributed by atoms with van der Waals surface area (Å²) >= 11 is 12.8. The Morgan fingerprint density at radius 3 is 1.52 bits per heavy atom. The summed E-state index contributed by atoms with van der Waals surface area (Å²) < 4.78 is 6.12. The Labute approximate surface area is 136 Å². The minimum atomic E-state index is -0.0497. The molecular formula is C18H20Cl2O. The average molecular weight is 323 g/mol. The molecule has 1 nitrogen and oxygen atoms in total. The van der Waals surface area contributed by atoms with Crippen molar-refractivity contribution in [2.75, 3.05) is 0 Å². The van der Waals surface area contributed by atoms with Gasteiger partial charge in [-0.05, 0) is 25.0 Å². The second kappa shape index (κ2) is 7.72. The third kappa shape index (κ3) is 3.93. The highest BCUT2D eigenvalue weighted by Gasteiger charge is 2.15. The number of hydrogen-bond donors (Lipinski definition) is 0. The summed E-state index contributed by atoms with van der Waals surface area (Å²) in [6.07, 6.45) is 1.72. The van der Waals surface area contributed by atoms with E-state index >= 15 is 0 Å². The molecule has 0 spiro atoms. The molecule has 112 valence electrons. The maximum absolute atomic E-state index is 6.39. The Kier molecular flexibility index (Phi) is 5.96. The Morgan fingerprint density at radius 1 is 0.762 bits per heavy atom. The molecule has 0 bridgehead atoms. The molecule has 3 heteroatoms. The van der Waals surface area contributed by atoms with Crippen LogP contribution in [0.15, 0.2) is 48.5 Å². The largest absolute Gasteiger partial charge is 0.457 e. The lowest BCUT2D eigenvalue weighted by Gasteiger charge is -2.17. The van der Waals surface area contributed by atoms with Gasteiger partial charge in [-0.3, -0.25) is 0 Å². The van der Waals surface area contributed by atoms with E-state index in [4.69, 9.17) is 27.9 Å². The van der Waals surface area contributed by atoms with Gasteiger partial charge in [0, 0.05) is 11.1 Å². The zero-order valence-electron chi connectivity index (χ0n) is 12.4. The van der Waals surface area contributed by atoms with E-state index in [0.717, 1.165) is 35.5 Å². The standard InChI is InChI=1S/C18H20Cl2O/c1-3-15(19)13-9-5-7-11-17(13)21-18-12-8-6-10-14(18)16(20)4-2/h5-12,15-16H,3-4H2,1-2H3. The fourth-order valence-corrected chi connectivity index (χ4v) is 2.58. The highest BCUT2D eigenvalue weighted by Crippen LogP contribution is 2.38. The Hall–Kier alpha value is -1.18. The number of ether oxygens (including phenoxy) is 1. The first-order chi connectivity index (χ1) is 10.2. The predicted octanol–water partition coefficient (Wildman–Crippen LogP) is 6.86. The third-order valence-corrected chi connectivity index (χ3v) is 4.54. The van der Waals surface area contributed by atoms with Gasteiger partial charge in [-0.2, -0.15) is 0 Å². The van der Waals surface area contributed by atoms with E-state index in [1.54, 1.807) is 0 Å². The molecule has 0 saturated carbocycles. The van der Waals surface area contributed by atoms with Crippen LogP contribution in [0, 0.1) is 0 Å². The van der Waals surface area contributed by atoms with Gasteiger partial charge < -0.3 is 4.74 Å². The molecule has 0 aliphatic carbocycles. The quantitative estimate of drug-likeness (QED) is 0.528. The van der Waals surface area contributed by atoms with Crippen LogP contribution >= 0.6 is 23.2 Å². The fourth-order valence-electron chi connectivity index (χ4n) is 2.22. The molecule has 2 atom stereocenters. The average Bonchev–Trinajstić information content (AvgIpc) is 2.54. The van der Waals surface area contributed by atoms with Crippen molar-refractivity contribution >= 4 is 23.2 Å². The van der Waals surface area contributed by atoms with Gasteiger partial charge in [-0.1, -0.05) is 50.2 Å². The van der Waals surface area contributed by atoms with E-state index in [9.17, 15) is 0 Å². The molecule has 0 amide bonds. The first-order valence-corrected chi connectivity index (χ1v) is 8.18. The monoisotopic (exact) mass is 322 g/mol. The van der Waals surface area contributed by atoms with Gasteiger partial charge in [0.2, 0.25) is 0 Å². The van der Waals surface area contributed by atoms with E-state index in [0.29, 0.717) is 0 Å². The first kappa shape index (κ1) is 16.2. The summed E-state index contributed by atoms with van der Waals surface area (Å²) in [6, 6.07) is 15.8. The summed E-state index contributed by atoms with van der Waals surface area (Å²) in [5.41, 5.74) is 2.03. The Morgan fingerprint density at radius 2 is 1.14 bits per heavy atom. The van der Waals surface area contributed by atoms with Gasteiger partial charge in [-0.25, -0.2) is 0 Å². The van der Waals surface area contributed by atoms with Crippen molar-refractivity contribution in [2.24, 2.45) is 0 Å². The molecule has 0 heterocycles. The van der Waals surface area contributed by atoms with Crippen molar-refractivity contribution in [3.8, 4) is 11.5 Å². The Bertz CT molecular complexity index is 531. The van der Waals surface area contributed by atoms with Gasteiger partial charge >= 0.3 is 0 Å². The van der Waals surface area contributed by atoms with Crippen molar-refractivity contribution in [3.05, 3.63) is 59.7 Å². The lowest BCUT2D eigenvalue weighted by atomic mass is 10.1. The summed E-state index contributed by atoms with van der Waals surface area (Å²) in [7, 11) is 0. The van der Waals surface area contributed by atoms with Crippen molar-refractivity contribution < 1.29 is 4.74 Å². The number of para-hydroxylation sites is 2. The zero-order valence-corrected chi connectivity index (χ0v) is 13.9. The molecule has 2 aromatic carbocycles. The molecule has 0 saturated heterocycles. The van der Waals surface area contributed by atoms with Crippen LogP contribution in [0.1, 0.15) is 48.6 Å². The van der Waals surface area contributed by atoms with Crippen LogP contribution in [0.5, 0.6) is 11.5 Å². The lowest BCUT2D eigenvalue weighted by Crippen LogP contribution is -1.98. The number of halogens is 2. The van der Waals surface area contributed by atoms with Gasteiger partial charge in [0.15, 0.2) is 0 Å². The predicted molar refractivity (Wildman–Crippen MR) is 90.7 cm³/mol. The van der Waals surface area contributed by atoms with E-state index in [2.05, 4.69) is 13.8 Å². The molecular weight excluding hydrogens is 303 g/mol. The van der Waals surface area contributed by atoms with Crippen molar-refractivity contribution in [2.45, 2.75) is 37.4 Å². The highest BCUT2D eigenvalue weighted by molar-refractivity contribution is 6.21. The molecule has 2 unspecified atom stereocenters. The second-order valence-corrected chi connectivity index (χ2v) is 5.98. The Balaban J connectivity index is 2.35. The van der Waals surface area contributed by atoms with Crippen LogP contribution in [-0.2, 0) is 0 Å². The zero-order chi connectivity index (χ0) is 15.2. The van der Waals surface area contributed by atoms with Gasteiger partial charge in [0.05, 0.1) is 10.8 Å². The molecule has 0 N–H and O–H groups in total. The van der Waals surface area contributed by atoms with Crippen LogP contribution in [0.25, 0.3) is 0 Å². The van der Waals surface area contributed by atoms with Crippen LogP contribution < -0.4 is 4.74 Å². The molecule has 2 rings (SSSR count). The molecule has 2 aromatic rings. The van der Waals surface area contributed by atoms with Crippen molar-refractivity contribution in [1.82, 2.24) is 0 Å². The normalized spacial score (nSPS) is 13.7. The lowest BCUT2D eigenvalue weighted by molar-refractivity contribution is 0.467. The first-order valence-electron chi connectivity index (χ1n) is 7.31.